The highest BCUT2D eigenvalue weighted by Gasteiger charge is 2.41. The number of rotatable bonds is 6. The average molecular weight is 477 g/mol. The Morgan fingerprint density at radius 1 is 1.06 bits per heavy atom. The lowest BCUT2D eigenvalue weighted by Crippen LogP contribution is -2.61. The van der Waals surface area contributed by atoms with E-state index in [9.17, 15) is 31.4 Å². The van der Waals surface area contributed by atoms with Gasteiger partial charge in [0.15, 0.2) is 0 Å². The van der Waals surface area contributed by atoms with Crippen LogP contribution in [0.5, 0.6) is 0 Å². The molecule has 1 aliphatic rings. The van der Waals surface area contributed by atoms with Crippen LogP contribution in [0.25, 0.3) is 0 Å². The zero-order valence-corrected chi connectivity index (χ0v) is 18.1. The van der Waals surface area contributed by atoms with Gasteiger partial charge in [0.2, 0.25) is 0 Å². The third-order valence-electron chi connectivity index (χ3n) is 5.52. The van der Waals surface area contributed by atoms with Gasteiger partial charge in [-0.25, -0.2) is 9.97 Å². The number of anilines is 2. The third-order valence-corrected chi connectivity index (χ3v) is 5.52. The van der Waals surface area contributed by atoms with Gasteiger partial charge in [-0.3, -0.25) is 4.90 Å². The minimum atomic E-state index is -4.45. The summed E-state index contributed by atoms with van der Waals surface area (Å²) in [5, 5.41) is 13.2. The maximum atomic E-state index is 12.8. The number of alkyl halides is 6. The summed E-state index contributed by atoms with van der Waals surface area (Å²) in [4.78, 5) is 11.5. The number of halogens is 6. The molecule has 2 aromatic rings. The molecule has 0 saturated carbocycles. The van der Waals surface area contributed by atoms with Gasteiger partial charge in [0, 0.05) is 37.8 Å². The van der Waals surface area contributed by atoms with Crippen molar-refractivity contribution in [3.05, 3.63) is 47.8 Å². The van der Waals surface area contributed by atoms with Crippen LogP contribution in [0.1, 0.15) is 31.1 Å². The van der Waals surface area contributed by atoms with Gasteiger partial charge in [-0.1, -0.05) is 12.1 Å². The molecule has 3 rings (SSSR count). The van der Waals surface area contributed by atoms with Crippen molar-refractivity contribution >= 4 is 11.6 Å². The maximum Gasteiger partial charge on any atom is 0.416 e. The fourth-order valence-electron chi connectivity index (χ4n) is 3.73. The molecule has 0 radical (unpaired) electrons. The Balaban J connectivity index is 1.61. The lowest BCUT2D eigenvalue weighted by molar-refractivity contribution is -0.158. The van der Waals surface area contributed by atoms with Gasteiger partial charge in [0.05, 0.1) is 18.2 Å². The molecule has 33 heavy (non-hydrogen) atoms. The van der Waals surface area contributed by atoms with E-state index in [1.54, 1.807) is 19.9 Å². The smallest absolute Gasteiger partial charge is 0.387 e. The zero-order valence-electron chi connectivity index (χ0n) is 18.1. The second kappa shape index (κ2) is 9.34. The topological polar surface area (TPSA) is 64.5 Å². The van der Waals surface area contributed by atoms with Crippen LogP contribution in [0, 0.1) is 0 Å². The predicted molar refractivity (Wildman–Crippen MR) is 111 cm³/mol. The largest absolute Gasteiger partial charge is 0.416 e. The lowest BCUT2D eigenvalue weighted by atomic mass is 9.98. The summed E-state index contributed by atoms with van der Waals surface area (Å²) in [7, 11) is 0. The van der Waals surface area contributed by atoms with Crippen LogP contribution in [0.4, 0.5) is 38.0 Å². The van der Waals surface area contributed by atoms with E-state index in [1.165, 1.54) is 23.4 Å². The molecule has 2 N–H and O–H groups in total. The Bertz CT molecular complexity index is 932. The van der Waals surface area contributed by atoms with Crippen LogP contribution in [0.3, 0.4) is 0 Å². The first kappa shape index (κ1) is 25.0. The monoisotopic (exact) mass is 477 g/mol. The Morgan fingerprint density at radius 3 is 2.30 bits per heavy atom. The number of aliphatic hydroxyl groups is 1. The number of benzene rings is 1. The molecule has 1 aromatic carbocycles. The Morgan fingerprint density at radius 2 is 1.73 bits per heavy atom. The molecule has 1 atom stereocenters. The molecule has 2 heterocycles. The van der Waals surface area contributed by atoms with Crippen LogP contribution in [-0.4, -0.2) is 64.4 Å². The first-order chi connectivity index (χ1) is 15.2. The standard InChI is InChI=1S/C21H25F6N5O/c1-19(2)11-31(7-8-32(19)12-20(22,23)24)18-9-17(29-13-30-18)28-10-16(33)14-3-5-15(6-4-14)21(25,26)27/h3-6,9,13,16,33H,7-8,10-12H2,1-2H3,(H,28,29,30). The van der Waals surface area contributed by atoms with Crippen molar-refractivity contribution in [2.24, 2.45) is 0 Å². The summed E-state index contributed by atoms with van der Waals surface area (Å²) in [6.45, 7) is 3.39. The van der Waals surface area contributed by atoms with E-state index in [4.69, 9.17) is 0 Å². The molecule has 12 heteroatoms. The molecule has 1 unspecified atom stereocenters. The summed E-state index contributed by atoms with van der Waals surface area (Å²) < 4.78 is 76.6. The minimum absolute atomic E-state index is 0.00727. The van der Waals surface area contributed by atoms with Crippen molar-refractivity contribution in [3.8, 4) is 0 Å². The van der Waals surface area contributed by atoms with Crippen LogP contribution in [0.15, 0.2) is 36.7 Å². The normalized spacial score (nSPS) is 18.3. The molecule has 0 spiro atoms. The van der Waals surface area contributed by atoms with E-state index in [-0.39, 0.29) is 13.1 Å². The lowest BCUT2D eigenvalue weighted by Gasteiger charge is -2.47. The van der Waals surface area contributed by atoms with Gasteiger partial charge < -0.3 is 15.3 Å². The Kier molecular flexibility index (Phi) is 7.08. The molecule has 1 aromatic heterocycles. The van der Waals surface area contributed by atoms with Crippen molar-refractivity contribution in [2.45, 2.75) is 37.8 Å². The number of nitrogens with one attached hydrogen (secondary N) is 1. The van der Waals surface area contributed by atoms with Gasteiger partial charge in [-0.05, 0) is 31.5 Å². The highest BCUT2D eigenvalue weighted by molar-refractivity contribution is 5.49. The molecule has 1 aliphatic heterocycles. The Hall–Kier alpha value is -2.60. The zero-order chi connectivity index (χ0) is 24.4. The molecule has 0 amide bonds. The number of hydrogen-bond acceptors (Lipinski definition) is 6. The molecule has 1 fully saturated rings. The first-order valence-electron chi connectivity index (χ1n) is 10.2. The Labute approximate surface area is 187 Å². The van der Waals surface area contributed by atoms with Crippen LogP contribution in [-0.2, 0) is 6.18 Å². The molecule has 6 nitrogen and oxygen atoms in total. The fourth-order valence-corrected chi connectivity index (χ4v) is 3.73. The van der Waals surface area contributed by atoms with E-state index >= 15 is 0 Å². The minimum Gasteiger partial charge on any atom is -0.387 e. The number of nitrogens with zero attached hydrogens (tertiary/aromatic N) is 4. The predicted octanol–water partition coefficient (Wildman–Crippen LogP) is 4.10. The number of piperazine rings is 1. The van der Waals surface area contributed by atoms with Gasteiger partial charge in [-0.2, -0.15) is 26.3 Å². The summed E-state index contributed by atoms with van der Waals surface area (Å²) in [6, 6.07) is 5.85. The number of hydrogen-bond donors (Lipinski definition) is 2. The van der Waals surface area contributed by atoms with Crippen molar-refractivity contribution in [2.75, 3.05) is 42.9 Å². The molecular weight excluding hydrogens is 452 g/mol. The van der Waals surface area contributed by atoms with Crippen LogP contribution >= 0.6 is 0 Å². The third kappa shape index (κ3) is 6.70. The van der Waals surface area contributed by atoms with Crippen LogP contribution in [0.2, 0.25) is 0 Å². The summed E-state index contributed by atoms with van der Waals surface area (Å²) in [5.41, 5.74) is -1.22. The second-order valence-corrected chi connectivity index (χ2v) is 8.55. The number of aliphatic hydroxyl groups excluding tert-OH is 1. The SMILES string of the molecule is CC1(C)CN(c2cc(NCC(O)c3ccc(C(F)(F)F)cc3)ncn2)CCN1CC(F)(F)F. The average Bonchev–Trinajstić information content (AvgIpc) is 2.72. The van der Waals surface area contributed by atoms with Crippen molar-refractivity contribution < 1.29 is 31.4 Å². The van der Waals surface area contributed by atoms with Gasteiger partial charge >= 0.3 is 12.4 Å². The number of aromatic nitrogens is 2. The summed E-state index contributed by atoms with van der Waals surface area (Å²) in [6.07, 6.45) is -8.50. The van der Waals surface area contributed by atoms with E-state index in [1.807, 2.05) is 4.90 Å². The molecule has 0 bridgehead atoms. The molecular formula is C21H25F6N5O. The quantitative estimate of drug-likeness (QED) is 0.611. The highest BCUT2D eigenvalue weighted by Crippen LogP contribution is 2.31. The van der Waals surface area contributed by atoms with E-state index < -0.39 is 36.1 Å². The maximum absolute atomic E-state index is 12.8. The fraction of sp³-hybridized carbons (Fsp3) is 0.524. The molecule has 182 valence electrons. The highest BCUT2D eigenvalue weighted by atomic mass is 19.4. The van der Waals surface area contributed by atoms with Gasteiger partial charge in [0.1, 0.15) is 18.0 Å². The van der Waals surface area contributed by atoms with E-state index in [0.29, 0.717) is 30.3 Å². The van der Waals surface area contributed by atoms with Crippen LogP contribution < -0.4 is 10.2 Å². The van der Waals surface area contributed by atoms with Gasteiger partial charge in [0.25, 0.3) is 0 Å². The molecule has 0 aliphatic carbocycles. The summed E-state index contributed by atoms with van der Waals surface area (Å²) >= 11 is 0. The van der Waals surface area contributed by atoms with E-state index in [0.717, 1.165) is 12.1 Å². The van der Waals surface area contributed by atoms with E-state index in [2.05, 4.69) is 15.3 Å². The second-order valence-electron chi connectivity index (χ2n) is 8.55. The molecule has 1 saturated heterocycles. The van der Waals surface area contributed by atoms with Crippen molar-refractivity contribution in [3.63, 3.8) is 0 Å². The summed E-state index contributed by atoms with van der Waals surface area (Å²) in [5.74, 6) is 0.901. The van der Waals surface area contributed by atoms with Crippen molar-refractivity contribution in [1.82, 2.24) is 14.9 Å². The van der Waals surface area contributed by atoms with Gasteiger partial charge in [-0.15, -0.1) is 0 Å². The van der Waals surface area contributed by atoms with Crippen molar-refractivity contribution in [1.29, 1.82) is 0 Å². The first-order valence-corrected chi connectivity index (χ1v) is 10.2.